The van der Waals surface area contributed by atoms with Gasteiger partial charge in [0.1, 0.15) is 18.0 Å². The lowest BCUT2D eigenvalue weighted by atomic mass is 9.78. The van der Waals surface area contributed by atoms with Crippen molar-refractivity contribution in [3.8, 4) is 0 Å². The fourth-order valence-corrected chi connectivity index (χ4v) is 2.34. The molecule has 0 saturated heterocycles. The summed E-state index contributed by atoms with van der Waals surface area (Å²) < 4.78 is 0. The zero-order valence-corrected chi connectivity index (χ0v) is 8.60. The molecule has 0 heterocycles. The standard InChI is InChI=1S/C12H16O3/c13-10-6-2-1-4-8(10)9-5-3-7-11(14)12(9)15/h3,5,7-8,11-12,14-15H,1-2,4,6H2/t8-,11-,12+/m0/s1. The first-order chi connectivity index (χ1) is 7.20. The fraction of sp³-hybridized carbons (Fsp3) is 0.583. The van der Waals surface area contributed by atoms with Gasteiger partial charge in [0, 0.05) is 12.3 Å². The van der Waals surface area contributed by atoms with Crippen molar-refractivity contribution in [1.82, 2.24) is 0 Å². The fourth-order valence-electron chi connectivity index (χ4n) is 2.34. The second kappa shape index (κ2) is 4.29. The summed E-state index contributed by atoms with van der Waals surface area (Å²) in [5, 5.41) is 19.3. The number of aliphatic hydroxyl groups is 2. The first-order valence-corrected chi connectivity index (χ1v) is 5.47. The maximum absolute atomic E-state index is 11.7. The molecule has 0 aromatic rings. The number of Topliss-reactive ketones (excluding diaryl/α,β-unsaturated/α-hetero) is 1. The van der Waals surface area contributed by atoms with Gasteiger partial charge < -0.3 is 10.2 Å². The van der Waals surface area contributed by atoms with Crippen LogP contribution in [-0.2, 0) is 4.79 Å². The molecule has 2 aliphatic carbocycles. The Bertz CT molecular complexity index is 317. The number of carbonyl (C=O) groups is 1. The van der Waals surface area contributed by atoms with Crippen LogP contribution in [0.5, 0.6) is 0 Å². The highest BCUT2D eigenvalue weighted by Crippen LogP contribution is 2.31. The van der Waals surface area contributed by atoms with Gasteiger partial charge in [0.05, 0.1) is 0 Å². The molecule has 2 rings (SSSR count). The van der Waals surface area contributed by atoms with Gasteiger partial charge in [0.25, 0.3) is 0 Å². The third-order valence-corrected chi connectivity index (χ3v) is 3.22. The molecule has 82 valence electrons. The second-order valence-corrected chi connectivity index (χ2v) is 4.25. The van der Waals surface area contributed by atoms with E-state index in [2.05, 4.69) is 0 Å². The lowest BCUT2D eigenvalue weighted by Crippen LogP contribution is -2.35. The highest BCUT2D eigenvalue weighted by molar-refractivity contribution is 5.84. The van der Waals surface area contributed by atoms with E-state index in [4.69, 9.17) is 0 Å². The van der Waals surface area contributed by atoms with E-state index in [9.17, 15) is 15.0 Å². The van der Waals surface area contributed by atoms with Gasteiger partial charge in [-0.25, -0.2) is 0 Å². The summed E-state index contributed by atoms with van der Waals surface area (Å²) in [6.45, 7) is 0. The van der Waals surface area contributed by atoms with Crippen LogP contribution in [0, 0.1) is 5.92 Å². The zero-order valence-electron chi connectivity index (χ0n) is 8.60. The molecule has 3 heteroatoms. The molecule has 1 saturated carbocycles. The molecule has 1 fully saturated rings. The van der Waals surface area contributed by atoms with Crippen LogP contribution in [0.3, 0.4) is 0 Å². The van der Waals surface area contributed by atoms with Gasteiger partial charge in [0.15, 0.2) is 0 Å². The number of aliphatic hydroxyl groups excluding tert-OH is 2. The van der Waals surface area contributed by atoms with E-state index in [0.717, 1.165) is 19.3 Å². The van der Waals surface area contributed by atoms with Crippen molar-refractivity contribution in [3.05, 3.63) is 23.8 Å². The van der Waals surface area contributed by atoms with Gasteiger partial charge in [-0.15, -0.1) is 0 Å². The Kier molecular flexibility index (Phi) is 3.03. The SMILES string of the molecule is O=C1CCCC[C@H]1C1=CC=C[C@H](O)[C@@H]1O. The number of rotatable bonds is 1. The third kappa shape index (κ3) is 2.03. The molecule has 0 spiro atoms. The van der Waals surface area contributed by atoms with Crippen molar-refractivity contribution in [3.63, 3.8) is 0 Å². The minimum Gasteiger partial charge on any atom is -0.386 e. The Balaban J connectivity index is 2.18. The van der Waals surface area contributed by atoms with Crippen molar-refractivity contribution in [2.75, 3.05) is 0 Å². The van der Waals surface area contributed by atoms with Gasteiger partial charge in [0.2, 0.25) is 0 Å². The van der Waals surface area contributed by atoms with Gasteiger partial charge >= 0.3 is 0 Å². The maximum atomic E-state index is 11.7. The summed E-state index contributed by atoms with van der Waals surface area (Å²) in [4.78, 5) is 11.7. The van der Waals surface area contributed by atoms with E-state index >= 15 is 0 Å². The van der Waals surface area contributed by atoms with Crippen molar-refractivity contribution >= 4 is 5.78 Å². The number of carbonyl (C=O) groups excluding carboxylic acids is 1. The van der Waals surface area contributed by atoms with Crippen LogP contribution >= 0.6 is 0 Å². The molecule has 3 nitrogen and oxygen atoms in total. The van der Waals surface area contributed by atoms with Crippen LogP contribution in [0.1, 0.15) is 25.7 Å². The number of hydrogen-bond donors (Lipinski definition) is 2. The smallest absolute Gasteiger partial charge is 0.140 e. The number of ketones is 1. The van der Waals surface area contributed by atoms with Gasteiger partial charge in [-0.05, 0) is 18.4 Å². The van der Waals surface area contributed by atoms with E-state index < -0.39 is 12.2 Å². The van der Waals surface area contributed by atoms with Crippen LogP contribution in [0.15, 0.2) is 23.8 Å². The highest BCUT2D eigenvalue weighted by Gasteiger charge is 2.32. The molecule has 0 radical (unpaired) electrons. The van der Waals surface area contributed by atoms with E-state index in [1.807, 2.05) is 0 Å². The van der Waals surface area contributed by atoms with E-state index in [0.29, 0.717) is 12.0 Å². The number of allylic oxidation sites excluding steroid dienone is 2. The summed E-state index contributed by atoms with van der Waals surface area (Å²) >= 11 is 0. The Morgan fingerprint density at radius 1 is 1.27 bits per heavy atom. The molecule has 3 atom stereocenters. The Labute approximate surface area is 89.1 Å². The molecule has 0 bridgehead atoms. The van der Waals surface area contributed by atoms with Gasteiger partial charge in [-0.1, -0.05) is 24.6 Å². The highest BCUT2D eigenvalue weighted by atomic mass is 16.3. The van der Waals surface area contributed by atoms with Crippen LogP contribution in [0.4, 0.5) is 0 Å². The predicted octanol–water partition coefficient (Wildman–Crippen LogP) is 0.964. The maximum Gasteiger partial charge on any atom is 0.140 e. The Morgan fingerprint density at radius 2 is 2.07 bits per heavy atom. The minimum absolute atomic E-state index is 0.173. The molecule has 2 N–H and O–H groups in total. The van der Waals surface area contributed by atoms with Crippen LogP contribution < -0.4 is 0 Å². The first-order valence-electron chi connectivity index (χ1n) is 5.47. The molecule has 0 amide bonds. The largest absolute Gasteiger partial charge is 0.386 e. The van der Waals surface area contributed by atoms with Gasteiger partial charge in [-0.2, -0.15) is 0 Å². The molecule has 2 aliphatic rings. The monoisotopic (exact) mass is 208 g/mol. The van der Waals surface area contributed by atoms with Crippen LogP contribution in [0.25, 0.3) is 0 Å². The summed E-state index contributed by atoms with van der Waals surface area (Å²) in [7, 11) is 0. The van der Waals surface area contributed by atoms with Crippen molar-refractivity contribution in [2.45, 2.75) is 37.9 Å². The average molecular weight is 208 g/mol. The van der Waals surface area contributed by atoms with Crippen molar-refractivity contribution in [1.29, 1.82) is 0 Å². The molecule has 0 aliphatic heterocycles. The van der Waals surface area contributed by atoms with Crippen LogP contribution in [-0.4, -0.2) is 28.2 Å². The Morgan fingerprint density at radius 3 is 2.80 bits per heavy atom. The third-order valence-electron chi connectivity index (χ3n) is 3.22. The van der Waals surface area contributed by atoms with E-state index in [1.54, 1.807) is 18.2 Å². The summed E-state index contributed by atoms with van der Waals surface area (Å²) in [5.41, 5.74) is 0.690. The minimum atomic E-state index is -0.901. The predicted molar refractivity (Wildman–Crippen MR) is 56.2 cm³/mol. The molecule has 0 aromatic heterocycles. The zero-order chi connectivity index (χ0) is 10.8. The number of hydrogen-bond acceptors (Lipinski definition) is 3. The molecule has 0 unspecified atom stereocenters. The van der Waals surface area contributed by atoms with E-state index in [1.165, 1.54) is 0 Å². The van der Waals surface area contributed by atoms with E-state index in [-0.39, 0.29) is 11.7 Å². The van der Waals surface area contributed by atoms with Crippen LogP contribution in [0.2, 0.25) is 0 Å². The lowest BCUT2D eigenvalue weighted by molar-refractivity contribution is -0.123. The van der Waals surface area contributed by atoms with Crippen molar-refractivity contribution in [2.24, 2.45) is 5.92 Å². The van der Waals surface area contributed by atoms with Crippen molar-refractivity contribution < 1.29 is 15.0 Å². The first kappa shape index (κ1) is 10.6. The summed E-state index contributed by atoms with van der Waals surface area (Å²) in [5.74, 6) is 0.0300. The summed E-state index contributed by atoms with van der Waals surface area (Å²) in [6.07, 6.45) is 6.66. The lowest BCUT2D eigenvalue weighted by Gasteiger charge is -2.29. The Hall–Kier alpha value is -0.930. The molecular formula is C12H16O3. The quantitative estimate of drug-likeness (QED) is 0.675. The normalized spacial score (nSPS) is 36.5. The average Bonchev–Trinajstić information content (AvgIpc) is 2.23. The molecule has 0 aromatic carbocycles. The topological polar surface area (TPSA) is 57.5 Å². The summed E-state index contributed by atoms with van der Waals surface area (Å²) in [6, 6.07) is 0. The molecule has 15 heavy (non-hydrogen) atoms. The van der Waals surface area contributed by atoms with Gasteiger partial charge in [-0.3, -0.25) is 4.79 Å². The second-order valence-electron chi connectivity index (χ2n) is 4.25. The molecular weight excluding hydrogens is 192 g/mol.